The van der Waals surface area contributed by atoms with Gasteiger partial charge in [0.05, 0.1) is 18.1 Å². The Kier molecular flexibility index (Phi) is 6.14. The van der Waals surface area contributed by atoms with Crippen molar-refractivity contribution in [3.05, 3.63) is 28.3 Å². The number of methoxy groups -OCH3 is 1. The third-order valence-electron chi connectivity index (χ3n) is 4.24. The van der Waals surface area contributed by atoms with Gasteiger partial charge in [0.15, 0.2) is 4.90 Å². The fourth-order valence-electron chi connectivity index (χ4n) is 2.83. The molecular weight excluding hydrogens is 334 g/mol. The van der Waals surface area contributed by atoms with Gasteiger partial charge in [0.2, 0.25) is 10.0 Å². The molecule has 24 heavy (non-hydrogen) atoms. The molecule has 1 heterocycles. The Morgan fingerprint density at radius 1 is 1.38 bits per heavy atom. The lowest BCUT2D eigenvalue weighted by atomic mass is 9.98. The van der Waals surface area contributed by atoms with E-state index in [0.29, 0.717) is 19.0 Å². The maximum absolute atomic E-state index is 12.8. The summed E-state index contributed by atoms with van der Waals surface area (Å²) in [6, 6.07) is 3.82. The minimum atomic E-state index is -3.89. The average molecular weight is 357 g/mol. The van der Waals surface area contributed by atoms with Crippen molar-refractivity contribution < 1.29 is 18.1 Å². The van der Waals surface area contributed by atoms with Crippen molar-refractivity contribution in [1.29, 1.82) is 0 Å². The van der Waals surface area contributed by atoms with Crippen LogP contribution in [0.2, 0.25) is 0 Å². The summed E-state index contributed by atoms with van der Waals surface area (Å²) in [5.41, 5.74) is -0.455. The van der Waals surface area contributed by atoms with Crippen LogP contribution in [0.15, 0.2) is 23.1 Å². The van der Waals surface area contributed by atoms with Crippen molar-refractivity contribution in [2.45, 2.75) is 24.7 Å². The number of hydrogen-bond donors (Lipinski definition) is 1. The van der Waals surface area contributed by atoms with Gasteiger partial charge in [-0.3, -0.25) is 10.1 Å². The second-order valence-electron chi connectivity index (χ2n) is 5.75. The quantitative estimate of drug-likeness (QED) is 0.588. The molecule has 0 bridgehead atoms. The third-order valence-corrected chi connectivity index (χ3v) is 6.18. The lowest BCUT2D eigenvalue weighted by molar-refractivity contribution is -0.387. The summed E-state index contributed by atoms with van der Waals surface area (Å²) in [7, 11) is -2.51. The molecule has 134 valence electrons. The summed E-state index contributed by atoms with van der Waals surface area (Å²) in [6.45, 7) is 4.54. The highest BCUT2D eigenvalue weighted by Gasteiger charge is 2.34. The van der Waals surface area contributed by atoms with E-state index in [1.165, 1.54) is 23.5 Å². The van der Waals surface area contributed by atoms with E-state index < -0.39 is 20.6 Å². The van der Waals surface area contributed by atoms with E-state index in [2.05, 4.69) is 5.32 Å². The highest BCUT2D eigenvalue weighted by molar-refractivity contribution is 7.89. The zero-order valence-corrected chi connectivity index (χ0v) is 14.7. The Balaban J connectivity index is 2.21. The van der Waals surface area contributed by atoms with Crippen LogP contribution >= 0.6 is 0 Å². The number of benzene rings is 1. The molecule has 1 aliphatic rings. The lowest BCUT2D eigenvalue weighted by Gasteiger charge is -2.31. The molecule has 1 aromatic carbocycles. The van der Waals surface area contributed by atoms with Gasteiger partial charge in [0.25, 0.3) is 5.69 Å². The highest BCUT2D eigenvalue weighted by Crippen LogP contribution is 2.32. The molecule has 0 aromatic heterocycles. The fraction of sp³-hybridized carbons (Fsp3) is 0.600. The molecule has 1 aromatic rings. The largest absolute Gasteiger partial charge is 0.497 e. The van der Waals surface area contributed by atoms with Crippen LogP contribution in [0.1, 0.15) is 19.8 Å². The first-order chi connectivity index (χ1) is 11.4. The van der Waals surface area contributed by atoms with E-state index in [1.54, 1.807) is 0 Å². The predicted molar refractivity (Wildman–Crippen MR) is 89.7 cm³/mol. The van der Waals surface area contributed by atoms with Crippen LogP contribution in [0, 0.1) is 16.0 Å². The van der Waals surface area contributed by atoms with Crippen LogP contribution in [-0.2, 0) is 10.0 Å². The molecular formula is C15H23N3O5S. The van der Waals surface area contributed by atoms with Gasteiger partial charge in [-0.25, -0.2) is 8.42 Å². The van der Waals surface area contributed by atoms with E-state index in [1.807, 2.05) is 6.92 Å². The number of rotatable bonds is 7. The molecule has 0 amide bonds. The summed E-state index contributed by atoms with van der Waals surface area (Å²) in [6.07, 6.45) is 1.49. The summed E-state index contributed by atoms with van der Waals surface area (Å²) in [5, 5.41) is 14.5. The highest BCUT2D eigenvalue weighted by atomic mass is 32.2. The van der Waals surface area contributed by atoms with Crippen LogP contribution in [-0.4, -0.2) is 50.9 Å². The molecule has 8 nitrogen and oxygen atoms in total. The summed E-state index contributed by atoms with van der Waals surface area (Å²) < 4.78 is 31.9. The van der Waals surface area contributed by atoms with Gasteiger partial charge in [-0.2, -0.15) is 4.31 Å². The molecule has 1 N–H and O–H groups in total. The molecule has 1 fully saturated rings. The number of nitro benzene ring substituents is 1. The SMILES string of the molecule is CCNCC1CCN(S(=O)(=O)c2ccc(OC)cc2[N+](=O)[O-])CC1. The second-order valence-corrected chi connectivity index (χ2v) is 7.65. The number of nitrogens with zero attached hydrogens (tertiary/aromatic N) is 2. The Labute approximate surface area is 142 Å². The standard InChI is InChI=1S/C15H23N3O5S/c1-3-16-11-12-6-8-17(9-7-12)24(21,22)15-5-4-13(23-2)10-14(15)18(19)20/h4-5,10,12,16H,3,6-9,11H2,1-2H3. The molecule has 9 heteroatoms. The topological polar surface area (TPSA) is 102 Å². The Morgan fingerprint density at radius 3 is 2.58 bits per heavy atom. The smallest absolute Gasteiger partial charge is 0.293 e. The van der Waals surface area contributed by atoms with Crippen LogP contribution in [0.3, 0.4) is 0 Å². The predicted octanol–water partition coefficient (Wildman–Crippen LogP) is 1.61. The fourth-order valence-corrected chi connectivity index (χ4v) is 4.43. The zero-order valence-electron chi connectivity index (χ0n) is 13.9. The number of nitrogens with one attached hydrogen (secondary N) is 1. The lowest BCUT2D eigenvalue weighted by Crippen LogP contribution is -2.40. The van der Waals surface area contributed by atoms with Gasteiger partial charge < -0.3 is 10.1 Å². The van der Waals surface area contributed by atoms with Crippen molar-refractivity contribution in [2.24, 2.45) is 5.92 Å². The molecule has 0 unspecified atom stereocenters. The van der Waals surface area contributed by atoms with Crippen molar-refractivity contribution in [3.8, 4) is 5.75 Å². The van der Waals surface area contributed by atoms with E-state index in [9.17, 15) is 18.5 Å². The van der Waals surface area contributed by atoms with Gasteiger partial charge >= 0.3 is 0 Å². The maximum Gasteiger partial charge on any atom is 0.293 e. The molecule has 2 rings (SSSR count). The number of ether oxygens (including phenoxy) is 1. The summed E-state index contributed by atoms with van der Waals surface area (Å²) >= 11 is 0. The van der Waals surface area contributed by atoms with Crippen molar-refractivity contribution in [3.63, 3.8) is 0 Å². The molecule has 1 aliphatic heterocycles. The van der Waals surface area contributed by atoms with Crippen LogP contribution in [0.4, 0.5) is 5.69 Å². The first-order valence-corrected chi connectivity index (χ1v) is 9.37. The van der Waals surface area contributed by atoms with E-state index in [-0.39, 0.29) is 10.6 Å². The van der Waals surface area contributed by atoms with Crippen LogP contribution < -0.4 is 10.1 Å². The van der Waals surface area contributed by atoms with Gasteiger partial charge in [-0.05, 0) is 44.0 Å². The number of sulfonamides is 1. The van der Waals surface area contributed by atoms with Crippen molar-refractivity contribution >= 4 is 15.7 Å². The Morgan fingerprint density at radius 2 is 2.04 bits per heavy atom. The van der Waals surface area contributed by atoms with E-state index in [0.717, 1.165) is 32.0 Å². The van der Waals surface area contributed by atoms with Crippen molar-refractivity contribution in [1.82, 2.24) is 9.62 Å². The van der Waals surface area contributed by atoms with Crippen molar-refractivity contribution in [2.75, 3.05) is 33.3 Å². The molecule has 1 saturated heterocycles. The monoisotopic (exact) mass is 357 g/mol. The average Bonchev–Trinajstić information content (AvgIpc) is 2.59. The first kappa shape index (κ1) is 18.6. The van der Waals surface area contributed by atoms with Gasteiger partial charge in [0, 0.05) is 13.1 Å². The molecule has 0 radical (unpaired) electrons. The minimum Gasteiger partial charge on any atom is -0.497 e. The minimum absolute atomic E-state index is 0.255. The van der Waals surface area contributed by atoms with E-state index in [4.69, 9.17) is 4.74 Å². The normalized spacial score (nSPS) is 16.9. The summed E-state index contributed by atoms with van der Waals surface area (Å²) in [5.74, 6) is 0.687. The molecule has 0 atom stereocenters. The third kappa shape index (κ3) is 4.03. The second kappa shape index (κ2) is 7.91. The molecule has 0 spiro atoms. The number of piperidine rings is 1. The number of nitro groups is 1. The Bertz CT molecular complexity index is 684. The zero-order chi connectivity index (χ0) is 17.7. The first-order valence-electron chi connectivity index (χ1n) is 7.93. The Hall–Kier alpha value is -1.71. The van der Waals surface area contributed by atoms with Gasteiger partial charge in [-0.1, -0.05) is 6.92 Å². The molecule has 0 saturated carbocycles. The maximum atomic E-state index is 12.8. The van der Waals surface area contributed by atoms with Crippen LogP contribution in [0.25, 0.3) is 0 Å². The van der Waals surface area contributed by atoms with Gasteiger partial charge in [-0.15, -0.1) is 0 Å². The molecule has 0 aliphatic carbocycles. The van der Waals surface area contributed by atoms with Gasteiger partial charge in [0.1, 0.15) is 5.75 Å². The van der Waals surface area contributed by atoms with Crippen LogP contribution in [0.5, 0.6) is 5.75 Å². The summed E-state index contributed by atoms with van der Waals surface area (Å²) in [4.78, 5) is 10.3. The van der Waals surface area contributed by atoms with E-state index >= 15 is 0 Å². The number of hydrogen-bond acceptors (Lipinski definition) is 6.